The number of ether oxygens (including phenoxy) is 2. The molecule has 0 aliphatic rings. The summed E-state index contributed by atoms with van der Waals surface area (Å²) in [6.45, 7) is 1.17. The molecule has 1 aromatic carbocycles. The minimum Gasteiger partial charge on any atom is -0.497 e. The molecule has 1 unspecified atom stereocenters. The maximum atomic E-state index is 11.5. The molecule has 0 fully saturated rings. The first kappa shape index (κ1) is 13.3. The number of primary amides is 1. The third kappa shape index (κ3) is 2.34. The zero-order chi connectivity index (χ0) is 13.1. The van der Waals surface area contributed by atoms with Crippen LogP contribution in [0.1, 0.15) is 12.5 Å². The van der Waals surface area contributed by atoms with Gasteiger partial charge in [-0.2, -0.15) is 0 Å². The predicted molar refractivity (Wildman–Crippen MR) is 63.2 cm³/mol. The molecule has 0 saturated heterocycles. The SMILES string of the molecule is COc1ccc(OC)c(C(C)(CO)C(N)=O)c1. The topological polar surface area (TPSA) is 81.8 Å². The van der Waals surface area contributed by atoms with Gasteiger partial charge in [0.2, 0.25) is 5.91 Å². The Labute approximate surface area is 100 Å². The number of aliphatic hydroxyl groups is 1. The fourth-order valence-electron chi connectivity index (χ4n) is 1.54. The molecule has 5 heteroatoms. The molecule has 0 heterocycles. The molecule has 0 radical (unpaired) electrons. The van der Waals surface area contributed by atoms with E-state index in [1.165, 1.54) is 14.2 Å². The van der Waals surface area contributed by atoms with Crippen LogP contribution in [-0.2, 0) is 10.2 Å². The Morgan fingerprint density at radius 3 is 2.47 bits per heavy atom. The lowest BCUT2D eigenvalue weighted by atomic mass is 9.82. The molecule has 0 aliphatic carbocycles. The van der Waals surface area contributed by atoms with E-state index in [0.29, 0.717) is 17.1 Å². The van der Waals surface area contributed by atoms with Gasteiger partial charge in [0, 0.05) is 5.56 Å². The van der Waals surface area contributed by atoms with Crippen molar-refractivity contribution in [3.05, 3.63) is 23.8 Å². The largest absolute Gasteiger partial charge is 0.497 e. The third-order valence-electron chi connectivity index (χ3n) is 2.86. The van der Waals surface area contributed by atoms with Crippen LogP contribution in [0.2, 0.25) is 0 Å². The van der Waals surface area contributed by atoms with Crippen LogP contribution in [-0.4, -0.2) is 31.8 Å². The van der Waals surface area contributed by atoms with Gasteiger partial charge in [-0.05, 0) is 25.1 Å². The Balaban J connectivity index is 3.39. The number of benzene rings is 1. The number of hydrogen-bond donors (Lipinski definition) is 2. The van der Waals surface area contributed by atoms with Crippen molar-refractivity contribution in [1.82, 2.24) is 0 Å². The van der Waals surface area contributed by atoms with E-state index in [4.69, 9.17) is 15.2 Å². The van der Waals surface area contributed by atoms with E-state index in [2.05, 4.69) is 0 Å². The average molecular weight is 239 g/mol. The molecular weight excluding hydrogens is 222 g/mol. The van der Waals surface area contributed by atoms with Crippen molar-refractivity contribution in [3.63, 3.8) is 0 Å². The van der Waals surface area contributed by atoms with E-state index >= 15 is 0 Å². The van der Waals surface area contributed by atoms with Crippen molar-refractivity contribution in [3.8, 4) is 11.5 Å². The Morgan fingerprint density at radius 1 is 1.41 bits per heavy atom. The summed E-state index contributed by atoms with van der Waals surface area (Å²) in [5, 5.41) is 9.40. The van der Waals surface area contributed by atoms with Crippen molar-refractivity contribution in [1.29, 1.82) is 0 Å². The maximum absolute atomic E-state index is 11.5. The summed E-state index contributed by atoms with van der Waals surface area (Å²) in [5.41, 5.74) is 4.65. The van der Waals surface area contributed by atoms with Crippen molar-refractivity contribution >= 4 is 5.91 Å². The monoisotopic (exact) mass is 239 g/mol. The van der Waals surface area contributed by atoms with Gasteiger partial charge in [-0.3, -0.25) is 4.79 Å². The zero-order valence-electron chi connectivity index (χ0n) is 10.2. The Bertz CT molecular complexity index is 419. The van der Waals surface area contributed by atoms with Crippen LogP contribution in [0, 0.1) is 0 Å². The predicted octanol–water partition coefficient (Wildman–Crippen LogP) is 0.439. The van der Waals surface area contributed by atoms with Crippen molar-refractivity contribution in [2.75, 3.05) is 20.8 Å². The summed E-state index contributed by atoms with van der Waals surface area (Å²) in [5.74, 6) is 0.439. The van der Waals surface area contributed by atoms with Crippen molar-refractivity contribution in [2.24, 2.45) is 5.73 Å². The Hall–Kier alpha value is -1.75. The minimum absolute atomic E-state index is 0.397. The van der Waals surface area contributed by atoms with Crippen LogP contribution in [0.4, 0.5) is 0 Å². The summed E-state index contributed by atoms with van der Waals surface area (Å²) >= 11 is 0. The molecule has 5 nitrogen and oxygen atoms in total. The minimum atomic E-state index is -1.19. The summed E-state index contributed by atoms with van der Waals surface area (Å²) in [4.78, 5) is 11.5. The second kappa shape index (κ2) is 5.05. The molecule has 0 spiro atoms. The highest BCUT2D eigenvalue weighted by Crippen LogP contribution is 2.34. The molecule has 0 aliphatic heterocycles. The molecule has 1 atom stereocenters. The molecule has 1 rings (SSSR count). The van der Waals surface area contributed by atoms with Crippen LogP contribution in [0.15, 0.2) is 18.2 Å². The molecule has 17 heavy (non-hydrogen) atoms. The number of amides is 1. The molecule has 3 N–H and O–H groups in total. The highest BCUT2D eigenvalue weighted by Gasteiger charge is 2.35. The van der Waals surface area contributed by atoms with Gasteiger partial charge in [-0.1, -0.05) is 0 Å². The number of rotatable bonds is 5. The van der Waals surface area contributed by atoms with Crippen molar-refractivity contribution in [2.45, 2.75) is 12.3 Å². The standard InChI is InChI=1S/C12H17NO4/c1-12(7-14,11(13)15)9-6-8(16-2)4-5-10(9)17-3/h4-6,14H,7H2,1-3H3,(H2,13,15). The number of aliphatic hydroxyl groups excluding tert-OH is 1. The lowest BCUT2D eigenvalue weighted by Gasteiger charge is -2.26. The Kier molecular flexibility index (Phi) is 3.96. The maximum Gasteiger partial charge on any atom is 0.230 e. The van der Waals surface area contributed by atoms with E-state index in [1.54, 1.807) is 25.1 Å². The number of carbonyl (C=O) groups is 1. The average Bonchev–Trinajstić information content (AvgIpc) is 2.36. The zero-order valence-corrected chi connectivity index (χ0v) is 10.2. The van der Waals surface area contributed by atoms with Gasteiger partial charge in [0.15, 0.2) is 0 Å². The van der Waals surface area contributed by atoms with Crippen LogP contribution in [0.25, 0.3) is 0 Å². The van der Waals surface area contributed by atoms with Gasteiger partial charge in [0.05, 0.1) is 26.2 Å². The first-order valence-corrected chi connectivity index (χ1v) is 5.13. The fraction of sp³-hybridized carbons (Fsp3) is 0.417. The second-order valence-electron chi connectivity index (χ2n) is 3.92. The van der Waals surface area contributed by atoms with Gasteiger partial charge in [0.25, 0.3) is 0 Å². The van der Waals surface area contributed by atoms with Gasteiger partial charge in [0.1, 0.15) is 11.5 Å². The normalized spacial score (nSPS) is 13.9. The summed E-state index contributed by atoms with van der Waals surface area (Å²) in [7, 11) is 3.01. The first-order valence-electron chi connectivity index (χ1n) is 5.13. The molecule has 0 bridgehead atoms. The first-order chi connectivity index (χ1) is 7.99. The van der Waals surface area contributed by atoms with Crippen LogP contribution in [0.5, 0.6) is 11.5 Å². The molecular formula is C12H17NO4. The van der Waals surface area contributed by atoms with Crippen LogP contribution >= 0.6 is 0 Å². The molecule has 0 aromatic heterocycles. The lowest BCUT2D eigenvalue weighted by Crippen LogP contribution is -2.41. The second-order valence-corrected chi connectivity index (χ2v) is 3.92. The molecule has 94 valence electrons. The quantitative estimate of drug-likeness (QED) is 0.781. The van der Waals surface area contributed by atoms with E-state index < -0.39 is 17.9 Å². The number of hydrogen-bond acceptors (Lipinski definition) is 4. The van der Waals surface area contributed by atoms with E-state index in [0.717, 1.165) is 0 Å². The van der Waals surface area contributed by atoms with Crippen LogP contribution in [0.3, 0.4) is 0 Å². The van der Waals surface area contributed by atoms with E-state index in [-0.39, 0.29) is 0 Å². The summed E-state index contributed by atoms with van der Waals surface area (Å²) in [6, 6.07) is 5.02. The van der Waals surface area contributed by atoms with Gasteiger partial charge in [-0.25, -0.2) is 0 Å². The lowest BCUT2D eigenvalue weighted by molar-refractivity contribution is -0.124. The number of methoxy groups -OCH3 is 2. The highest BCUT2D eigenvalue weighted by atomic mass is 16.5. The third-order valence-corrected chi connectivity index (χ3v) is 2.86. The number of carbonyl (C=O) groups excluding carboxylic acids is 1. The van der Waals surface area contributed by atoms with Crippen LogP contribution < -0.4 is 15.2 Å². The number of nitrogens with two attached hydrogens (primary N) is 1. The highest BCUT2D eigenvalue weighted by molar-refractivity contribution is 5.87. The summed E-state index contributed by atoms with van der Waals surface area (Å²) in [6.07, 6.45) is 0. The van der Waals surface area contributed by atoms with E-state index in [9.17, 15) is 9.90 Å². The smallest absolute Gasteiger partial charge is 0.230 e. The van der Waals surface area contributed by atoms with Gasteiger partial charge < -0.3 is 20.3 Å². The van der Waals surface area contributed by atoms with Crippen molar-refractivity contribution < 1.29 is 19.4 Å². The Morgan fingerprint density at radius 2 is 2.06 bits per heavy atom. The molecule has 0 saturated carbocycles. The molecule has 1 amide bonds. The van der Waals surface area contributed by atoms with Gasteiger partial charge in [-0.15, -0.1) is 0 Å². The fourth-order valence-corrected chi connectivity index (χ4v) is 1.54. The molecule has 1 aromatic rings. The van der Waals surface area contributed by atoms with E-state index in [1.807, 2.05) is 0 Å². The summed E-state index contributed by atoms with van der Waals surface area (Å²) < 4.78 is 10.3. The van der Waals surface area contributed by atoms with Gasteiger partial charge >= 0.3 is 0 Å².